The lowest BCUT2D eigenvalue weighted by molar-refractivity contribution is -0.140. The minimum absolute atomic E-state index is 0.0204. The van der Waals surface area contributed by atoms with Crippen LogP contribution in [-0.4, -0.2) is 66.0 Å². The number of likely N-dealkylation sites (tertiary alicyclic amines) is 1. The van der Waals surface area contributed by atoms with Crippen LogP contribution in [0.2, 0.25) is 5.02 Å². The Balaban J connectivity index is 2.24. The van der Waals surface area contributed by atoms with E-state index in [1.54, 1.807) is 24.3 Å². The zero-order chi connectivity index (χ0) is 22.0. The average molecular weight is 431 g/mol. The van der Waals surface area contributed by atoms with Crippen molar-refractivity contribution >= 4 is 29.1 Å². The van der Waals surface area contributed by atoms with E-state index in [2.05, 4.69) is 0 Å². The Morgan fingerprint density at radius 1 is 1.20 bits per heavy atom. The van der Waals surface area contributed by atoms with Crippen molar-refractivity contribution in [2.45, 2.75) is 6.04 Å². The Bertz CT molecular complexity index is 1020. The maximum atomic E-state index is 13.0. The molecule has 1 atom stereocenters. The second kappa shape index (κ2) is 8.77. The smallest absolute Gasteiger partial charge is 0.295 e. The predicted octanol–water partition coefficient (Wildman–Crippen LogP) is 3.04. The summed E-state index contributed by atoms with van der Waals surface area (Å²) in [6, 6.07) is 10.2. The van der Waals surface area contributed by atoms with E-state index in [0.717, 1.165) is 0 Å². The highest BCUT2D eigenvalue weighted by atomic mass is 35.5. The molecule has 1 fully saturated rings. The minimum atomic E-state index is -0.875. The number of aromatic hydroxyl groups is 1. The van der Waals surface area contributed by atoms with Crippen LogP contribution in [0.5, 0.6) is 11.5 Å². The molecule has 0 unspecified atom stereocenters. The molecule has 158 valence electrons. The van der Waals surface area contributed by atoms with Gasteiger partial charge in [-0.2, -0.15) is 0 Å². The molecule has 8 heteroatoms. The molecule has 0 saturated carbocycles. The maximum absolute atomic E-state index is 13.0. The van der Waals surface area contributed by atoms with Gasteiger partial charge >= 0.3 is 0 Å². The zero-order valence-corrected chi connectivity index (χ0v) is 17.7. The number of aliphatic hydroxyl groups excluding tert-OH is 1. The average Bonchev–Trinajstić information content (AvgIpc) is 2.97. The molecule has 0 aliphatic carbocycles. The number of Topliss-reactive ketones (excluding diaryl/α,β-unsaturated/α-hetero) is 1. The zero-order valence-electron chi connectivity index (χ0n) is 16.9. The first-order valence-corrected chi connectivity index (χ1v) is 9.69. The van der Waals surface area contributed by atoms with Crippen molar-refractivity contribution in [2.24, 2.45) is 0 Å². The molecule has 30 heavy (non-hydrogen) atoms. The highest BCUT2D eigenvalue weighted by Gasteiger charge is 2.47. The quantitative estimate of drug-likeness (QED) is 0.416. The number of ether oxygens (including phenoxy) is 1. The van der Waals surface area contributed by atoms with Gasteiger partial charge in [-0.05, 0) is 38.4 Å². The number of benzene rings is 2. The van der Waals surface area contributed by atoms with Gasteiger partial charge in [0.2, 0.25) is 0 Å². The van der Waals surface area contributed by atoms with Crippen molar-refractivity contribution in [3.05, 3.63) is 64.2 Å². The minimum Gasteiger partial charge on any atom is -0.507 e. The van der Waals surface area contributed by atoms with E-state index < -0.39 is 23.5 Å². The van der Waals surface area contributed by atoms with E-state index in [4.69, 9.17) is 16.3 Å². The summed E-state index contributed by atoms with van der Waals surface area (Å²) in [5, 5.41) is 21.5. The molecule has 1 heterocycles. The monoisotopic (exact) mass is 430 g/mol. The van der Waals surface area contributed by atoms with Crippen molar-refractivity contribution in [2.75, 3.05) is 34.3 Å². The maximum Gasteiger partial charge on any atom is 0.295 e. The Morgan fingerprint density at radius 2 is 1.90 bits per heavy atom. The number of carbonyl (C=O) groups excluding carboxylic acids is 2. The second-order valence-electron chi connectivity index (χ2n) is 7.20. The number of halogens is 1. The highest BCUT2D eigenvalue weighted by molar-refractivity contribution is 6.46. The SMILES string of the molecule is COc1ccccc1[C@H]1C(=C(O)c2cc(Cl)ccc2O)C(=O)C(=O)N1CCN(C)C. The molecule has 1 aliphatic rings. The van der Waals surface area contributed by atoms with Gasteiger partial charge in [-0.1, -0.05) is 29.8 Å². The van der Waals surface area contributed by atoms with Gasteiger partial charge in [0.05, 0.1) is 24.3 Å². The van der Waals surface area contributed by atoms with Crippen molar-refractivity contribution in [3.8, 4) is 11.5 Å². The molecular weight excluding hydrogens is 408 g/mol. The van der Waals surface area contributed by atoms with Crippen LogP contribution in [0.25, 0.3) is 5.76 Å². The third-order valence-corrected chi connectivity index (χ3v) is 5.21. The predicted molar refractivity (Wildman–Crippen MR) is 114 cm³/mol. The van der Waals surface area contributed by atoms with E-state index in [0.29, 0.717) is 17.9 Å². The number of phenolic OH excluding ortho intramolecular Hbond substituents is 1. The number of aliphatic hydroxyl groups is 1. The molecule has 0 aromatic heterocycles. The molecule has 0 radical (unpaired) electrons. The number of phenols is 1. The summed E-state index contributed by atoms with van der Waals surface area (Å²) in [5.41, 5.74) is 0.412. The molecule has 1 saturated heterocycles. The van der Waals surface area contributed by atoms with Crippen molar-refractivity contribution < 1.29 is 24.5 Å². The van der Waals surface area contributed by atoms with Gasteiger partial charge in [-0.15, -0.1) is 0 Å². The van der Waals surface area contributed by atoms with Gasteiger partial charge < -0.3 is 24.7 Å². The Kier molecular flexibility index (Phi) is 6.34. The number of hydrogen-bond acceptors (Lipinski definition) is 6. The molecule has 0 bridgehead atoms. The van der Waals surface area contributed by atoms with Gasteiger partial charge in [0.15, 0.2) is 0 Å². The van der Waals surface area contributed by atoms with Crippen LogP contribution in [0.15, 0.2) is 48.0 Å². The summed E-state index contributed by atoms with van der Waals surface area (Å²) in [6.45, 7) is 0.778. The Hall–Kier alpha value is -3.03. The number of para-hydroxylation sites is 1. The molecule has 1 amide bonds. The fourth-order valence-electron chi connectivity index (χ4n) is 3.48. The van der Waals surface area contributed by atoms with Crippen molar-refractivity contribution in [3.63, 3.8) is 0 Å². The number of amides is 1. The number of carbonyl (C=O) groups is 2. The number of methoxy groups -OCH3 is 1. The largest absolute Gasteiger partial charge is 0.507 e. The Morgan fingerprint density at radius 3 is 2.57 bits per heavy atom. The lowest BCUT2D eigenvalue weighted by atomic mass is 9.94. The van der Waals surface area contributed by atoms with Gasteiger partial charge in [0, 0.05) is 23.7 Å². The van der Waals surface area contributed by atoms with Gasteiger partial charge in [-0.3, -0.25) is 9.59 Å². The van der Waals surface area contributed by atoms with Gasteiger partial charge in [-0.25, -0.2) is 0 Å². The van der Waals surface area contributed by atoms with Crippen LogP contribution in [0, 0.1) is 0 Å². The van der Waals surface area contributed by atoms with Crippen molar-refractivity contribution in [1.82, 2.24) is 9.80 Å². The molecule has 3 rings (SSSR count). The van der Waals surface area contributed by atoms with E-state index in [-0.39, 0.29) is 28.5 Å². The number of rotatable bonds is 6. The number of nitrogens with zero attached hydrogens (tertiary/aromatic N) is 2. The fourth-order valence-corrected chi connectivity index (χ4v) is 3.65. The highest BCUT2D eigenvalue weighted by Crippen LogP contribution is 2.43. The number of hydrogen-bond donors (Lipinski definition) is 2. The molecule has 2 N–H and O–H groups in total. The standard InChI is InChI=1S/C22H23ClN2O5/c1-24(2)10-11-25-19(14-6-4-5-7-17(14)30-3)18(21(28)22(25)29)20(27)15-12-13(23)8-9-16(15)26/h4-9,12,19,26-27H,10-11H2,1-3H3/t19-/m0/s1. The third kappa shape index (κ3) is 3.99. The summed E-state index contributed by atoms with van der Waals surface area (Å²) in [5.74, 6) is -1.83. The number of ketones is 1. The summed E-state index contributed by atoms with van der Waals surface area (Å²) in [7, 11) is 5.21. The first-order valence-electron chi connectivity index (χ1n) is 9.31. The second-order valence-corrected chi connectivity index (χ2v) is 7.64. The lowest BCUT2D eigenvalue weighted by Crippen LogP contribution is -2.35. The summed E-state index contributed by atoms with van der Waals surface area (Å²) in [6.07, 6.45) is 0. The first-order chi connectivity index (χ1) is 14.3. The summed E-state index contributed by atoms with van der Waals surface area (Å²) >= 11 is 6.01. The summed E-state index contributed by atoms with van der Waals surface area (Å²) in [4.78, 5) is 29.2. The van der Waals surface area contributed by atoms with Crippen LogP contribution >= 0.6 is 11.6 Å². The molecule has 0 spiro atoms. The first kappa shape index (κ1) is 21.7. The summed E-state index contributed by atoms with van der Waals surface area (Å²) < 4.78 is 5.44. The Labute approximate surface area is 179 Å². The van der Waals surface area contributed by atoms with Gasteiger partial charge in [0.1, 0.15) is 17.3 Å². The van der Waals surface area contributed by atoms with E-state index in [1.165, 1.54) is 30.2 Å². The fraction of sp³-hybridized carbons (Fsp3) is 0.273. The van der Waals surface area contributed by atoms with E-state index >= 15 is 0 Å². The van der Waals surface area contributed by atoms with Crippen LogP contribution in [-0.2, 0) is 9.59 Å². The van der Waals surface area contributed by atoms with E-state index in [9.17, 15) is 19.8 Å². The van der Waals surface area contributed by atoms with Crippen LogP contribution in [0.1, 0.15) is 17.2 Å². The third-order valence-electron chi connectivity index (χ3n) is 4.98. The van der Waals surface area contributed by atoms with Crippen molar-refractivity contribution in [1.29, 1.82) is 0 Å². The normalized spacial score (nSPS) is 18.3. The van der Waals surface area contributed by atoms with E-state index in [1.807, 2.05) is 19.0 Å². The topological polar surface area (TPSA) is 90.3 Å². The molecule has 2 aromatic rings. The molecule has 1 aliphatic heterocycles. The lowest BCUT2D eigenvalue weighted by Gasteiger charge is -2.27. The van der Waals surface area contributed by atoms with Crippen LogP contribution in [0.4, 0.5) is 0 Å². The number of likely N-dealkylation sites (N-methyl/N-ethyl adjacent to an activating group) is 1. The van der Waals surface area contributed by atoms with Crippen LogP contribution in [0.3, 0.4) is 0 Å². The molecular formula is C22H23ClN2O5. The molecule has 2 aromatic carbocycles. The van der Waals surface area contributed by atoms with Crippen LogP contribution < -0.4 is 4.74 Å². The molecule has 7 nitrogen and oxygen atoms in total. The van der Waals surface area contributed by atoms with Gasteiger partial charge in [0.25, 0.3) is 11.7 Å².